The number of para-hydroxylation sites is 1. The van der Waals surface area contributed by atoms with Gasteiger partial charge >= 0.3 is 0 Å². The van der Waals surface area contributed by atoms with Gasteiger partial charge in [-0.05, 0) is 30.8 Å². The van der Waals surface area contributed by atoms with Crippen molar-refractivity contribution in [3.63, 3.8) is 0 Å². The average Bonchev–Trinajstić information content (AvgIpc) is 2.81. The van der Waals surface area contributed by atoms with E-state index in [9.17, 15) is 9.59 Å². The molecule has 0 bridgehead atoms. The van der Waals surface area contributed by atoms with Crippen LogP contribution in [0.4, 0.5) is 5.82 Å². The number of methoxy groups -OCH3 is 1. The van der Waals surface area contributed by atoms with Crippen molar-refractivity contribution in [3.8, 4) is 5.75 Å². The second-order valence-corrected chi connectivity index (χ2v) is 7.36. The Morgan fingerprint density at radius 2 is 2.17 bits per heavy atom. The van der Waals surface area contributed by atoms with Crippen molar-refractivity contribution in [3.05, 3.63) is 58.3 Å². The SMILES string of the molecule is COc1c(Cl)cccc1CN(C)C(=O)C=Cc1cnc2c(c1)CN(C)CC(=O)N2.Cl. The van der Waals surface area contributed by atoms with Gasteiger partial charge in [0, 0.05) is 43.5 Å². The monoisotopic (exact) mass is 450 g/mol. The van der Waals surface area contributed by atoms with Gasteiger partial charge in [-0.1, -0.05) is 23.7 Å². The van der Waals surface area contributed by atoms with Gasteiger partial charge in [-0.3, -0.25) is 14.5 Å². The first-order chi connectivity index (χ1) is 13.9. The Morgan fingerprint density at radius 1 is 1.40 bits per heavy atom. The van der Waals surface area contributed by atoms with Crippen LogP contribution in [-0.2, 0) is 22.7 Å². The number of halogens is 2. The lowest BCUT2D eigenvalue weighted by atomic mass is 10.1. The van der Waals surface area contributed by atoms with Crippen LogP contribution >= 0.6 is 24.0 Å². The summed E-state index contributed by atoms with van der Waals surface area (Å²) in [7, 11) is 5.14. The van der Waals surface area contributed by atoms with Crippen molar-refractivity contribution in [2.45, 2.75) is 13.1 Å². The summed E-state index contributed by atoms with van der Waals surface area (Å²) in [6.45, 7) is 1.29. The van der Waals surface area contributed by atoms with E-state index in [2.05, 4.69) is 10.3 Å². The minimum absolute atomic E-state index is 0. The summed E-state index contributed by atoms with van der Waals surface area (Å²) in [5, 5.41) is 3.30. The van der Waals surface area contributed by atoms with Crippen molar-refractivity contribution >= 4 is 47.7 Å². The van der Waals surface area contributed by atoms with E-state index in [1.807, 2.05) is 30.1 Å². The molecule has 2 amide bonds. The minimum atomic E-state index is -0.160. The molecule has 0 unspecified atom stereocenters. The molecule has 0 saturated carbocycles. The number of fused-ring (bicyclic) bond motifs is 1. The van der Waals surface area contributed by atoms with Crippen LogP contribution < -0.4 is 10.1 Å². The molecule has 30 heavy (non-hydrogen) atoms. The Balaban J connectivity index is 0.00000320. The molecule has 1 aromatic heterocycles. The summed E-state index contributed by atoms with van der Waals surface area (Å²) < 4.78 is 5.34. The second kappa shape index (κ2) is 10.4. The molecule has 2 heterocycles. The molecule has 1 N–H and O–H groups in total. The molecule has 3 rings (SSSR count). The Labute approximate surface area is 187 Å². The van der Waals surface area contributed by atoms with Crippen LogP contribution in [0.2, 0.25) is 5.02 Å². The first-order valence-corrected chi connectivity index (χ1v) is 9.47. The van der Waals surface area contributed by atoms with Gasteiger partial charge < -0.3 is 15.0 Å². The highest BCUT2D eigenvalue weighted by atomic mass is 35.5. The lowest BCUT2D eigenvalue weighted by Gasteiger charge is -2.18. The average molecular weight is 451 g/mol. The maximum atomic E-state index is 12.5. The van der Waals surface area contributed by atoms with Gasteiger partial charge in [0.25, 0.3) is 0 Å². The van der Waals surface area contributed by atoms with Crippen LogP contribution in [0.3, 0.4) is 0 Å². The van der Waals surface area contributed by atoms with E-state index in [4.69, 9.17) is 16.3 Å². The van der Waals surface area contributed by atoms with Crippen molar-refractivity contribution in [2.75, 3.05) is 33.1 Å². The minimum Gasteiger partial charge on any atom is -0.495 e. The fraction of sp³-hybridized carbons (Fsp3) is 0.286. The number of ether oxygens (including phenoxy) is 1. The first-order valence-electron chi connectivity index (χ1n) is 9.09. The largest absolute Gasteiger partial charge is 0.495 e. The normalized spacial score (nSPS) is 13.8. The van der Waals surface area contributed by atoms with E-state index in [1.54, 1.807) is 37.4 Å². The zero-order valence-electron chi connectivity index (χ0n) is 17.0. The summed E-state index contributed by atoms with van der Waals surface area (Å²) in [5.41, 5.74) is 2.52. The number of hydrogen-bond acceptors (Lipinski definition) is 5. The van der Waals surface area contributed by atoms with E-state index in [0.717, 1.165) is 16.7 Å². The van der Waals surface area contributed by atoms with Crippen molar-refractivity contribution < 1.29 is 14.3 Å². The number of pyridine rings is 1. The van der Waals surface area contributed by atoms with Crippen LogP contribution in [0.15, 0.2) is 36.5 Å². The van der Waals surface area contributed by atoms with Gasteiger partial charge in [-0.15, -0.1) is 12.4 Å². The van der Waals surface area contributed by atoms with Gasteiger partial charge in [0.1, 0.15) is 11.6 Å². The summed E-state index contributed by atoms with van der Waals surface area (Å²) in [6.07, 6.45) is 4.85. The van der Waals surface area contributed by atoms with Crippen molar-refractivity contribution in [1.82, 2.24) is 14.8 Å². The number of carbonyl (C=O) groups excluding carboxylic acids is 2. The fourth-order valence-electron chi connectivity index (χ4n) is 3.15. The van der Waals surface area contributed by atoms with E-state index in [1.165, 1.54) is 6.08 Å². The zero-order chi connectivity index (χ0) is 21.0. The number of anilines is 1. The molecule has 1 aliphatic heterocycles. The van der Waals surface area contributed by atoms with E-state index in [-0.39, 0.29) is 24.2 Å². The maximum absolute atomic E-state index is 12.5. The number of aromatic nitrogens is 1. The highest BCUT2D eigenvalue weighted by molar-refractivity contribution is 6.32. The Bertz CT molecular complexity index is 965. The number of carbonyl (C=O) groups is 2. The number of rotatable bonds is 5. The number of likely N-dealkylation sites (N-methyl/N-ethyl adjacent to an activating group) is 2. The summed E-state index contributed by atoms with van der Waals surface area (Å²) in [5.74, 6) is 0.884. The Hall–Kier alpha value is -2.61. The molecule has 0 radical (unpaired) electrons. The second-order valence-electron chi connectivity index (χ2n) is 6.96. The number of nitrogens with one attached hydrogen (secondary N) is 1. The van der Waals surface area contributed by atoms with Crippen LogP contribution in [0, 0.1) is 0 Å². The third-order valence-electron chi connectivity index (χ3n) is 4.55. The fourth-order valence-corrected chi connectivity index (χ4v) is 3.42. The third kappa shape index (κ3) is 5.72. The van der Waals surface area contributed by atoms with Crippen LogP contribution in [-0.4, -0.2) is 54.3 Å². The zero-order valence-corrected chi connectivity index (χ0v) is 18.6. The first kappa shape index (κ1) is 23.7. The molecule has 160 valence electrons. The van der Waals surface area contributed by atoms with Gasteiger partial charge in [0.2, 0.25) is 11.8 Å². The Morgan fingerprint density at radius 3 is 2.90 bits per heavy atom. The highest BCUT2D eigenvalue weighted by Gasteiger charge is 2.17. The van der Waals surface area contributed by atoms with Crippen LogP contribution in [0.5, 0.6) is 5.75 Å². The predicted octanol–water partition coefficient (Wildman–Crippen LogP) is 3.22. The van der Waals surface area contributed by atoms with E-state index < -0.39 is 0 Å². The van der Waals surface area contributed by atoms with Crippen LogP contribution in [0.25, 0.3) is 6.08 Å². The molecule has 0 aliphatic carbocycles. The van der Waals surface area contributed by atoms with Gasteiger partial charge in [-0.2, -0.15) is 0 Å². The molecule has 2 aromatic rings. The molecule has 1 aromatic carbocycles. The smallest absolute Gasteiger partial charge is 0.246 e. The molecule has 0 fully saturated rings. The number of hydrogen-bond donors (Lipinski definition) is 1. The van der Waals surface area contributed by atoms with Gasteiger partial charge in [0.05, 0.1) is 18.7 Å². The quantitative estimate of drug-likeness (QED) is 0.707. The van der Waals surface area contributed by atoms with Gasteiger partial charge in [-0.25, -0.2) is 4.98 Å². The number of benzene rings is 1. The lowest BCUT2D eigenvalue weighted by Crippen LogP contribution is -2.26. The summed E-state index contributed by atoms with van der Waals surface area (Å²) >= 11 is 6.14. The Kier molecular flexibility index (Phi) is 8.23. The molecular formula is C21H24Cl2N4O3. The molecule has 7 nitrogen and oxygen atoms in total. The van der Waals surface area contributed by atoms with Gasteiger partial charge in [0.15, 0.2) is 0 Å². The molecule has 0 spiro atoms. The van der Waals surface area contributed by atoms with E-state index >= 15 is 0 Å². The van der Waals surface area contributed by atoms with Crippen molar-refractivity contribution in [1.29, 1.82) is 0 Å². The number of amides is 2. The molecule has 0 atom stereocenters. The molecule has 9 heteroatoms. The summed E-state index contributed by atoms with van der Waals surface area (Å²) in [4.78, 5) is 32.1. The lowest BCUT2D eigenvalue weighted by molar-refractivity contribution is -0.125. The molecular weight excluding hydrogens is 427 g/mol. The number of nitrogens with zero attached hydrogens (tertiary/aromatic N) is 3. The third-order valence-corrected chi connectivity index (χ3v) is 4.85. The topological polar surface area (TPSA) is 74.8 Å². The predicted molar refractivity (Wildman–Crippen MR) is 120 cm³/mol. The van der Waals surface area contributed by atoms with Crippen molar-refractivity contribution in [2.24, 2.45) is 0 Å². The molecule has 1 aliphatic rings. The standard InChI is InChI=1S/C21H23ClN4O3.ClH/c1-25-11-16-9-14(10-23-21(16)24-18(27)13-25)7-8-19(28)26(2)12-15-5-4-6-17(22)20(15)29-3;/h4-10H,11-13H2,1-3H3,(H,23,24,27);1H. The van der Waals surface area contributed by atoms with E-state index in [0.29, 0.717) is 36.2 Å². The summed E-state index contributed by atoms with van der Waals surface area (Å²) in [6, 6.07) is 7.37. The highest BCUT2D eigenvalue weighted by Crippen LogP contribution is 2.29. The molecule has 0 saturated heterocycles. The van der Waals surface area contributed by atoms with Crippen LogP contribution in [0.1, 0.15) is 16.7 Å². The maximum Gasteiger partial charge on any atom is 0.246 e.